The Balaban J connectivity index is 1.35. The van der Waals surface area contributed by atoms with E-state index in [2.05, 4.69) is 27.7 Å². The summed E-state index contributed by atoms with van der Waals surface area (Å²) < 4.78 is 11.4. The normalized spacial score (nSPS) is 19.2. The first kappa shape index (κ1) is 22.3. The summed E-state index contributed by atoms with van der Waals surface area (Å²) in [5.41, 5.74) is 3.43. The molecule has 0 atom stereocenters. The van der Waals surface area contributed by atoms with Gasteiger partial charge in [-0.15, -0.1) is 0 Å². The van der Waals surface area contributed by atoms with Crippen molar-refractivity contribution in [2.45, 2.75) is 69.5 Å². The minimum absolute atomic E-state index is 0.0326. The molecule has 1 saturated heterocycles. The van der Waals surface area contributed by atoms with Gasteiger partial charge in [0.2, 0.25) is 11.5 Å². The molecule has 6 rings (SSSR count). The van der Waals surface area contributed by atoms with Crippen molar-refractivity contribution in [1.29, 1.82) is 0 Å². The first-order valence-electron chi connectivity index (χ1n) is 12.8. The van der Waals surface area contributed by atoms with Crippen LogP contribution in [0.3, 0.4) is 0 Å². The van der Waals surface area contributed by atoms with Gasteiger partial charge in [0.15, 0.2) is 5.82 Å². The highest BCUT2D eigenvalue weighted by Crippen LogP contribution is 2.35. The van der Waals surface area contributed by atoms with Crippen molar-refractivity contribution in [3.63, 3.8) is 0 Å². The molecule has 0 radical (unpaired) electrons. The molecular weight excluding hydrogens is 444 g/mol. The average Bonchev–Trinajstić information content (AvgIpc) is 3.37. The number of carbonyl (C=O) groups excluding carboxylic acids is 1. The Labute approximate surface area is 204 Å². The lowest BCUT2D eigenvalue weighted by atomic mass is 10.1. The lowest BCUT2D eigenvalue weighted by Crippen LogP contribution is -2.37. The number of hydrogen-bond acceptors (Lipinski definition) is 8. The summed E-state index contributed by atoms with van der Waals surface area (Å²) in [4.78, 5) is 24.3. The molecule has 3 fully saturated rings. The molecule has 3 aliphatic rings. The molecule has 0 unspecified atom stereocenters. The van der Waals surface area contributed by atoms with Crippen LogP contribution in [0.5, 0.6) is 0 Å². The molecule has 2 saturated carbocycles. The molecule has 2 aliphatic carbocycles. The number of hydrogen-bond donors (Lipinski definition) is 2. The third kappa shape index (κ3) is 4.69. The molecule has 2 aromatic heterocycles. The van der Waals surface area contributed by atoms with Crippen LogP contribution in [0, 0.1) is 0 Å². The third-order valence-corrected chi connectivity index (χ3v) is 7.39. The summed E-state index contributed by atoms with van der Waals surface area (Å²) in [6, 6.07) is 8.53. The van der Waals surface area contributed by atoms with E-state index in [-0.39, 0.29) is 5.91 Å². The highest BCUT2D eigenvalue weighted by Gasteiger charge is 2.27. The SMILES string of the molecule is CN(c1nc(NC2CCCC2)nc2c(-c3ccc(C(=O)NC4CC4)cc3)noc12)C1CCOCC1. The topological polar surface area (TPSA) is 105 Å². The maximum atomic E-state index is 12.4. The van der Waals surface area contributed by atoms with E-state index in [1.165, 1.54) is 12.8 Å². The van der Waals surface area contributed by atoms with Crippen LogP contribution in [0.4, 0.5) is 11.8 Å². The van der Waals surface area contributed by atoms with Gasteiger partial charge >= 0.3 is 0 Å². The van der Waals surface area contributed by atoms with Gasteiger partial charge in [0.05, 0.1) is 0 Å². The van der Waals surface area contributed by atoms with Gasteiger partial charge in [-0.25, -0.2) is 4.98 Å². The number of benzene rings is 1. The van der Waals surface area contributed by atoms with Crippen LogP contribution in [0.2, 0.25) is 0 Å². The van der Waals surface area contributed by atoms with Gasteiger partial charge in [-0.3, -0.25) is 4.79 Å². The van der Waals surface area contributed by atoms with Gasteiger partial charge in [-0.2, -0.15) is 4.98 Å². The Morgan fingerprint density at radius 1 is 0.971 bits per heavy atom. The van der Waals surface area contributed by atoms with Crippen molar-refractivity contribution in [3.05, 3.63) is 29.8 Å². The average molecular weight is 477 g/mol. The smallest absolute Gasteiger partial charge is 0.251 e. The molecule has 0 bridgehead atoms. The van der Waals surface area contributed by atoms with Crippen molar-refractivity contribution in [3.8, 4) is 11.3 Å². The Bertz CT molecular complexity index is 1190. The Hall–Kier alpha value is -3.20. The zero-order valence-corrected chi connectivity index (χ0v) is 20.1. The number of nitrogens with one attached hydrogen (secondary N) is 2. The summed E-state index contributed by atoms with van der Waals surface area (Å²) in [5.74, 6) is 1.33. The summed E-state index contributed by atoms with van der Waals surface area (Å²) in [7, 11) is 2.06. The lowest BCUT2D eigenvalue weighted by Gasteiger charge is -2.32. The van der Waals surface area contributed by atoms with E-state index in [1.807, 2.05) is 24.3 Å². The fourth-order valence-corrected chi connectivity index (χ4v) is 5.08. The number of fused-ring (bicyclic) bond motifs is 1. The van der Waals surface area contributed by atoms with Crippen molar-refractivity contribution in [1.82, 2.24) is 20.4 Å². The number of nitrogens with zero attached hydrogens (tertiary/aromatic N) is 4. The zero-order chi connectivity index (χ0) is 23.8. The predicted octanol–water partition coefficient (Wildman–Crippen LogP) is 4.15. The Morgan fingerprint density at radius 2 is 1.71 bits per heavy atom. The van der Waals surface area contributed by atoms with Crippen molar-refractivity contribution in [2.75, 3.05) is 30.5 Å². The van der Waals surface area contributed by atoms with Crippen molar-refractivity contribution < 1.29 is 14.1 Å². The Morgan fingerprint density at radius 3 is 2.43 bits per heavy atom. The largest absolute Gasteiger partial charge is 0.381 e. The van der Waals surface area contributed by atoms with Crippen LogP contribution in [0.15, 0.2) is 28.8 Å². The monoisotopic (exact) mass is 476 g/mol. The minimum Gasteiger partial charge on any atom is -0.381 e. The van der Waals surface area contributed by atoms with E-state index in [0.29, 0.717) is 46.4 Å². The van der Waals surface area contributed by atoms with E-state index < -0.39 is 0 Å². The summed E-state index contributed by atoms with van der Waals surface area (Å²) >= 11 is 0. The quantitative estimate of drug-likeness (QED) is 0.524. The van der Waals surface area contributed by atoms with Gasteiger partial charge in [0.25, 0.3) is 5.91 Å². The minimum atomic E-state index is -0.0326. The molecule has 2 N–H and O–H groups in total. The molecule has 1 aromatic carbocycles. The first-order chi connectivity index (χ1) is 17.2. The predicted molar refractivity (Wildman–Crippen MR) is 134 cm³/mol. The van der Waals surface area contributed by atoms with Gasteiger partial charge in [-0.1, -0.05) is 30.1 Å². The maximum Gasteiger partial charge on any atom is 0.251 e. The second-order valence-corrected chi connectivity index (χ2v) is 9.98. The van der Waals surface area contributed by atoms with Gasteiger partial charge in [0, 0.05) is 49.5 Å². The van der Waals surface area contributed by atoms with E-state index in [9.17, 15) is 4.79 Å². The molecule has 0 spiro atoms. The van der Waals surface area contributed by atoms with Crippen LogP contribution in [-0.2, 0) is 4.74 Å². The molecule has 1 amide bonds. The lowest BCUT2D eigenvalue weighted by molar-refractivity contribution is 0.0853. The van der Waals surface area contributed by atoms with Gasteiger partial charge < -0.3 is 24.8 Å². The number of rotatable bonds is 7. The number of amides is 1. The van der Waals surface area contributed by atoms with E-state index >= 15 is 0 Å². The fourth-order valence-electron chi connectivity index (χ4n) is 5.08. The van der Waals surface area contributed by atoms with E-state index in [1.54, 1.807) is 0 Å². The van der Waals surface area contributed by atoms with E-state index in [4.69, 9.17) is 19.2 Å². The molecule has 9 heteroatoms. The number of ether oxygens (including phenoxy) is 1. The molecule has 35 heavy (non-hydrogen) atoms. The molecule has 9 nitrogen and oxygen atoms in total. The van der Waals surface area contributed by atoms with Crippen LogP contribution in [0.1, 0.15) is 61.7 Å². The highest BCUT2D eigenvalue weighted by molar-refractivity contribution is 5.97. The second-order valence-electron chi connectivity index (χ2n) is 9.98. The second kappa shape index (κ2) is 9.45. The highest BCUT2D eigenvalue weighted by atomic mass is 16.5. The zero-order valence-electron chi connectivity index (χ0n) is 20.1. The number of carbonyl (C=O) groups is 1. The van der Waals surface area contributed by atoms with E-state index in [0.717, 1.165) is 63.1 Å². The summed E-state index contributed by atoms with van der Waals surface area (Å²) in [5, 5.41) is 11.0. The molecule has 3 aromatic rings. The third-order valence-electron chi connectivity index (χ3n) is 7.39. The Kier molecular flexibility index (Phi) is 6.01. The maximum absolute atomic E-state index is 12.4. The van der Waals surface area contributed by atoms with Gasteiger partial charge in [-0.05, 0) is 50.7 Å². The number of anilines is 2. The summed E-state index contributed by atoms with van der Waals surface area (Å²) in [6.07, 6.45) is 8.74. The standard InChI is InChI=1S/C26H32N6O3/c1-32(20-12-14-34-15-13-20)24-23-22(29-26(30-24)28-18-4-2-3-5-18)21(31-35-23)16-6-8-17(9-7-16)25(33)27-19-10-11-19/h6-9,18-20H,2-5,10-15H2,1H3,(H,27,33)(H,28,29,30). The summed E-state index contributed by atoms with van der Waals surface area (Å²) in [6.45, 7) is 1.50. The van der Waals surface area contributed by atoms with Crippen LogP contribution >= 0.6 is 0 Å². The number of aromatic nitrogens is 3. The van der Waals surface area contributed by atoms with Crippen LogP contribution in [0.25, 0.3) is 22.4 Å². The van der Waals surface area contributed by atoms with Crippen LogP contribution < -0.4 is 15.5 Å². The van der Waals surface area contributed by atoms with Crippen molar-refractivity contribution >= 4 is 28.8 Å². The fraction of sp³-hybridized carbons (Fsp3) is 0.538. The van der Waals surface area contributed by atoms with Gasteiger partial charge in [0.1, 0.15) is 11.2 Å². The molecule has 3 heterocycles. The molecule has 1 aliphatic heterocycles. The van der Waals surface area contributed by atoms with Crippen molar-refractivity contribution in [2.24, 2.45) is 0 Å². The molecular formula is C26H32N6O3. The first-order valence-corrected chi connectivity index (χ1v) is 12.8. The van der Waals surface area contributed by atoms with Crippen LogP contribution in [-0.4, -0.2) is 59.4 Å². The molecule has 184 valence electrons.